The van der Waals surface area contributed by atoms with E-state index in [0.29, 0.717) is 26.5 Å². The van der Waals surface area contributed by atoms with Crippen LogP contribution in [0.15, 0.2) is 46.8 Å². The summed E-state index contributed by atoms with van der Waals surface area (Å²) in [5.74, 6) is -0.340. The molecule has 0 aliphatic rings. The van der Waals surface area contributed by atoms with Gasteiger partial charge < -0.3 is 15.4 Å². The summed E-state index contributed by atoms with van der Waals surface area (Å²) in [5, 5.41) is 16.7. The van der Waals surface area contributed by atoms with Gasteiger partial charge >= 0.3 is 0 Å². The summed E-state index contributed by atoms with van der Waals surface area (Å²) < 4.78 is 5.71. The van der Waals surface area contributed by atoms with E-state index in [2.05, 4.69) is 26.1 Å². The summed E-state index contributed by atoms with van der Waals surface area (Å²) in [5.41, 5.74) is 1.52. The number of nitrogens with one attached hydrogen (secondary N) is 3. The number of anilines is 3. The highest BCUT2D eigenvalue weighted by Gasteiger charge is 2.16. The molecule has 0 aliphatic carbocycles. The number of ether oxygens (including phenoxy) is 1. The second kappa shape index (κ2) is 10.9. The number of hydrogen-bond donors (Lipinski definition) is 3. The van der Waals surface area contributed by atoms with Crippen LogP contribution in [0, 0.1) is 0 Å². The molecule has 9 nitrogen and oxygen atoms in total. The van der Waals surface area contributed by atoms with E-state index in [-0.39, 0.29) is 28.3 Å². The smallest absolute Gasteiger partial charge is 0.261 e. The lowest BCUT2D eigenvalue weighted by molar-refractivity contribution is -0.114. The highest BCUT2D eigenvalue weighted by Crippen LogP contribution is 2.28. The molecule has 1 aromatic heterocycles. The zero-order valence-electron chi connectivity index (χ0n) is 17.0. The van der Waals surface area contributed by atoms with E-state index >= 15 is 0 Å². The normalized spacial score (nSPS) is 10.3. The molecule has 0 spiro atoms. The SMILES string of the molecule is COc1ccc(Cl)cc1C(=O)Nc1nnc(SCC(=O)Nc2ccc(NC(C)=O)cc2)s1. The number of carbonyl (C=O) groups excluding carboxylic acids is 3. The number of methoxy groups -OCH3 is 1. The lowest BCUT2D eigenvalue weighted by Crippen LogP contribution is -2.14. The first-order valence-corrected chi connectivity index (χ1v) is 11.3. The van der Waals surface area contributed by atoms with Crippen LogP contribution in [0.1, 0.15) is 17.3 Å². The molecular formula is C20H18ClN5O4S2. The second-order valence-corrected chi connectivity index (χ2v) is 8.90. The third-order valence-electron chi connectivity index (χ3n) is 3.85. The Hall–Kier alpha value is -3.15. The first kappa shape index (κ1) is 23.5. The molecule has 0 saturated carbocycles. The molecule has 0 atom stereocenters. The molecule has 1 heterocycles. The maximum Gasteiger partial charge on any atom is 0.261 e. The monoisotopic (exact) mass is 491 g/mol. The first-order valence-electron chi connectivity index (χ1n) is 9.12. The largest absolute Gasteiger partial charge is 0.496 e. The molecule has 3 amide bonds. The Morgan fingerprint density at radius 1 is 1.03 bits per heavy atom. The van der Waals surface area contributed by atoms with Crippen LogP contribution in [0.4, 0.5) is 16.5 Å². The van der Waals surface area contributed by atoms with Crippen molar-refractivity contribution in [1.82, 2.24) is 10.2 Å². The molecule has 3 aromatic rings. The fourth-order valence-electron chi connectivity index (χ4n) is 2.51. The summed E-state index contributed by atoms with van der Waals surface area (Å²) in [6.45, 7) is 1.42. The van der Waals surface area contributed by atoms with Crippen LogP contribution in [0.3, 0.4) is 0 Å². The summed E-state index contributed by atoms with van der Waals surface area (Å²) >= 11 is 8.30. The molecule has 32 heavy (non-hydrogen) atoms. The number of amides is 3. The zero-order valence-corrected chi connectivity index (χ0v) is 19.4. The number of benzene rings is 2. The Bertz CT molecular complexity index is 1140. The Balaban J connectivity index is 1.52. The van der Waals surface area contributed by atoms with Gasteiger partial charge in [0.2, 0.25) is 16.9 Å². The molecule has 2 aromatic carbocycles. The molecule has 0 unspecified atom stereocenters. The van der Waals surface area contributed by atoms with Crippen molar-refractivity contribution in [2.24, 2.45) is 0 Å². The highest BCUT2D eigenvalue weighted by molar-refractivity contribution is 8.01. The van der Waals surface area contributed by atoms with E-state index < -0.39 is 5.91 Å². The Morgan fingerprint density at radius 3 is 2.38 bits per heavy atom. The number of nitrogens with zero attached hydrogens (tertiary/aromatic N) is 2. The maximum atomic E-state index is 12.5. The van der Waals surface area contributed by atoms with E-state index in [4.69, 9.17) is 16.3 Å². The lowest BCUT2D eigenvalue weighted by Gasteiger charge is -2.07. The van der Waals surface area contributed by atoms with Gasteiger partial charge in [-0.15, -0.1) is 10.2 Å². The molecule has 0 fully saturated rings. The van der Waals surface area contributed by atoms with Crippen LogP contribution in [-0.2, 0) is 9.59 Å². The van der Waals surface area contributed by atoms with Gasteiger partial charge in [-0.2, -0.15) is 0 Å². The Morgan fingerprint density at radius 2 is 1.72 bits per heavy atom. The predicted octanol–water partition coefficient (Wildman–Crippen LogP) is 4.14. The molecule has 3 rings (SSSR count). The van der Waals surface area contributed by atoms with Crippen molar-refractivity contribution < 1.29 is 19.1 Å². The van der Waals surface area contributed by atoms with Gasteiger partial charge in [0.05, 0.1) is 18.4 Å². The molecule has 0 aliphatic heterocycles. The molecule has 0 radical (unpaired) electrons. The topological polar surface area (TPSA) is 122 Å². The summed E-state index contributed by atoms with van der Waals surface area (Å²) in [7, 11) is 1.46. The van der Waals surface area contributed by atoms with Gasteiger partial charge in [0.15, 0.2) is 4.34 Å². The van der Waals surface area contributed by atoms with Crippen molar-refractivity contribution in [3.8, 4) is 5.75 Å². The predicted molar refractivity (Wildman–Crippen MR) is 126 cm³/mol. The molecular weight excluding hydrogens is 474 g/mol. The van der Waals surface area contributed by atoms with Gasteiger partial charge in [-0.3, -0.25) is 19.7 Å². The molecule has 12 heteroatoms. The fourth-order valence-corrected chi connectivity index (χ4v) is 4.22. The van der Waals surface area contributed by atoms with Crippen LogP contribution < -0.4 is 20.7 Å². The van der Waals surface area contributed by atoms with Crippen molar-refractivity contribution in [3.63, 3.8) is 0 Å². The van der Waals surface area contributed by atoms with Crippen LogP contribution in [-0.4, -0.2) is 40.8 Å². The maximum absolute atomic E-state index is 12.5. The average molecular weight is 492 g/mol. The lowest BCUT2D eigenvalue weighted by atomic mass is 10.2. The van der Waals surface area contributed by atoms with Gasteiger partial charge in [-0.1, -0.05) is 34.7 Å². The number of hydrogen-bond acceptors (Lipinski definition) is 8. The summed E-state index contributed by atoms with van der Waals surface area (Å²) in [4.78, 5) is 35.7. The summed E-state index contributed by atoms with van der Waals surface area (Å²) in [6, 6.07) is 11.5. The number of aromatic nitrogens is 2. The van der Waals surface area contributed by atoms with Crippen molar-refractivity contribution >= 4 is 68.9 Å². The zero-order chi connectivity index (χ0) is 23.1. The van der Waals surface area contributed by atoms with Gasteiger partial charge in [0.25, 0.3) is 5.91 Å². The van der Waals surface area contributed by atoms with Crippen molar-refractivity contribution in [2.75, 3.05) is 28.8 Å². The van der Waals surface area contributed by atoms with Gasteiger partial charge in [0.1, 0.15) is 5.75 Å². The van der Waals surface area contributed by atoms with Gasteiger partial charge in [-0.25, -0.2) is 0 Å². The van der Waals surface area contributed by atoms with E-state index in [1.165, 1.54) is 31.9 Å². The first-order chi connectivity index (χ1) is 15.3. The standard InChI is InChI=1S/C20H18ClN5O4S2/c1-11(27)22-13-4-6-14(7-5-13)23-17(28)10-31-20-26-25-19(32-20)24-18(29)15-9-12(21)3-8-16(15)30-2/h3-9H,10H2,1-2H3,(H,22,27)(H,23,28)(H,24,25,29). The fraction of sp³-hybridized carbons (Fsp3) is 0.150. The Kier molecular flexibility index (Phi) is 8.03. The minimum Gasteiger partial charge on any atom is -0.496 e. The third-order valence-corrected chi connectivity index (χ3v) is 6.06. The molecule has 3 N–H and O–H groups in total. The van der Waals surface area contributed by atoms with Crippen molar-refractivity contribution in [2.45, 2.75) is 11.3 Å². The van der Waals surface area contributed by atoms with Crippen LogP contribution >= 0.6 is 34.7 Å². The van der Waals surface area contributed by atoms with E-state index in [1.54, 1.807) is 36.4 Å². The number of thioether (sulfide) groups is 1. The Labute approximate surface area is 196 Å². The number of carbonyl (C=O) groups is 3. The number of rotatable bonds is 8. The van der Waals surface area contributed by atoms with Gasteiger partial charge in [0, 0.05) is 23.3 Å². The van der Waals surface area contributed by atoms with Gasteiger partial charge in [-0.05, 0) is 42.5 Å². The highest BCUT2D eigenvalue weighted by atomic mass is 35.5. The molecule has 0 bridgehead atoms. The third kappa shape index (κ3) is 6.67. The molecule has 166 valence electrons. The van der Waals surface area contributed by atoms with Crippen LogP contribution in [0.5, 0.6) is 5.75 Å². The van der Waals surface area contributed by atoms with E-state index in [1.807, 2.05) is 0 Å². The van der Waals surface area contributed by atoms with Crippen LogP contribution in [0.2, 0.25) is 5.02 Å². The average Bonchev–Trinajstić information content (AvgIpc) is 3.20. The minimum atomic E-state index is -0.433. The van der Waals surface area contributed by atoms with Crippen molar-refractivity contribution in [1.29, 1.82) is 0 Å². The van der Waals surface area contributed by atoms with E-state index in [9.17, 15) is 14.4 Å². The van der Waals surface area contributed by atoms with Crippen molar-refractivity contribution in [3.05, 3.63) is 53.1 Å². The van der Waals surface area contributed by atoms with Crippen LogP contribution in [0.25, 0.3) is 0 Å². The molecule has 0 saturated heterocycles. The summed E-state index contributed by atoms with van der Waals surface area (Å²) in [6.07, 6.45) is 0. The second-order valence-electron chi connectivity index (χ2n) is 6.27. The quantitative estimate of drug-likeness (QED) is 0.319. The van der Waals surface area contributed by atoms with E-state index in [0.717, 1.165) is 11.3 Å². The number of halogens is 1. The minimum absolute atomic E-state index is 0.109.